The van der Waals surface area contributed by atoms with Crippen LogP contribution in [-0.4, -0.2) is 51.6 Å². The molecule has 172 valence electrons. The van der Waals surface area contributed by atoms with Crippen LogP contribution in [0.2, 0.25) is 0 Å². The van der Waals surface area contributed by atoms with Gasteiger partial charge in [-0.2, -0.15) is 0 Å². The van der Waals surface area contributed by atoms with E-state index >= 15 is 0 Å². The van der Waals surface area contributed by atoms with Crippen LogP contribution in [0.25, 0.3) is 22.4 Å². The van der Waals surface area contributed by atoms with Crippen molar-refractivity contribution in [3.63, 3.8) is 0 Å². The average Bonchev–Trinajstić information content (AvgIpc) is 3.51. The number of nitrogens with zero attached hydrogens (tertiary/aromatic N) is 3. The second-order valence-electron chi connectivity index (χ2n) is 7.88. The van der Waals surface area contributed by atoms with Crippen LogP contribution in [-0.2, 0) is 4.79 Å². The van der Waals surface area contributed by atoms with E-state index in [2.05, 4.69) is 15.5 Å². The second kappa shape index (κ2) is 9.18. The van der Waals surface area contributed by atoms with Crippen molar-refractivity contribution < 1.29 is 18.8 Å². The quantitative estimate of drug-likeness (QED) is 0.459. The molecule has 34 heavy (non-hydrogen) atoms. The summed E-state index contributed by atoms with van der Waals surface area (Å²) in [7, 11) is 1.59. The number of thioether (sulfide) groups is 1. The highest BCUT2D eigenvalue weighted by atomic mass is 32.2. The van der Waals surface area contributed by atoms with Crippen molar-refractivity contribution in [3.05, 3.63) is 71.9 Å². The maximum Gasteiger partial charge on any atom is 0.259 e. The zero-order valence-electron chi connectivity index (χ0n) is 18.6. The lowest BCUT2D eigenvalue weighted by atomic mass is 10.0. The summed E-state index contributed by atoms with van der Waals surface area (Å²) in [4.78, 5) is 33.0. The van der Waals surface area contributed by atoms with Crippen LogP contribution in [0, 0.1) is 6.92 Å². The lowest BCUT2D eigenvalue weighted by Gasteiger charge is -2.23. The van der Waals surface area contributed by atoms with Gasteiger partial charge in [0, 0.05) is 17.0 Å². The van der Waals surface area contributed by atoms with Crippen LogP contribution in [0.4, 0.5) is 5.69 Å². The Bertz CT molecular complexity index is 1350. The summed E-state index contributed by atoms with van der Waals surface area (Å²) < 4.78 is 10.6. The van der Waals surface area contributed by atoms with E-state index in [1.165, 1.54) is 0 Å². The first-order valence-corrected chi connectivity index (χ1v) is 11.9. The predicted molar refractivity (Wildman–Crippen MR) is 131 cm³/mol. The molecule has 2 aromatic carbocycles. The maximum absolute atomic E-state index is 13.8. The number of carbonyl (C=O) groups excluding carboxylic acids is 2. The van der Waals surface area contributed by atoms with Gasteiger partial charge in [0.25, 0.3) is 11.6 Å². The van der Waals surface area contributed by atoms with E-state index in [9.17, 15) is 9.59 Å². The Labute approximate surface area is 200 Å². The van der Waals surface area contributed by atoms with Crippen molar-refractivity contribution >= 4 is 40.4 Å². The molecular weight excluding hydrogens is 452 g/mol. The number of rotatable bonds is 5. The molecule has 1 aliphatic rings. The fraction of sp³-hybridized carbons (Fsp3) is 0.200. The van der Waals surface area contributed by atoms with Crippen molar-refractivity contribution in [2.75, 3.05) is 24.1 Å². The summed E-state index contributed by atoms with van der Waals surface area (Å²) in [5, 5.41) is 7.49. The van der Waals surface area contributed by atoms with Gasteiger partial charge in [0.1, 0.15) is 11.8 Å². The summed E-state index contributed by atoms with van der Waals surface area (Å²) in [5.41, 5.74) is 3.41. The summed E-state index contributed by atoms with van der Waals surface area (Å²) in [6, 6.07) is 17.8. The number of amides is 2. The Hall–Kier alpha value is -3.85. The first-order valence-electron chi connectivity index (χ1n) is 10.7. The number of aryl methyl sites for hydroxylation is 1. The van der Waals surface area contributed by atoms with Crippen LogP contribution in [0.5, 0.6) is 5.75 Å². The van der Waals surface area contributed by atoms with Gasteiger partial charge in [0.2, 0.25) is 5.91 Å². The Kier molecular flexibility index (Phi) is 5.93. The Balaban J connectivity index is 1.46. The third kappa shape index (κ3) is 4.10. The molecule has 4 aromatic rings. The molecule has 0 saturated carbocycles. The number of anilines is 1. The van der Waals surface area contributed by atoms with Gasteiger partial charge in [0.15, 0.2) is 0 Å². The molecular formula is C25H22N4O4S. The van der Waals surface area contributed by atoms with Crippen molar-refractivity contribution in [3.8, 4) is 17.0 Å². The summed E-state index contributed by atoms with van der Waals surface area (Å²) >= 11 is 1.54. The third-order valence-electron chi connectivity index (χ3n) is 5.72. The molecule has 1 aliphatic heterocycles. The largest absolute Gasteiger partial charge is 0.497 e. The topological polar surface area (TPSA) is 97.6 Å². The number of aromatic nitrogens is 2. The number of fused-ring (bicyclic) bond motifs is 1. The molecule has 0 aliphatic carbocycles. The van der Waals surface area contributed by atoms with Gasteiger partial charge in [-0.25, -0.2) is 4.98 Å². The molecule has 3 heterocycles. The van der Waals surface area contributed by atoms with Gasteiger partial charge in [-0.15, -0.1) is 11.8 Å². The lowest BCUT2D eigenvalue weighted by Crippen LogP contribution is -2.44. The molecule has 1 N–H and O–H groups in total. The molecule has 0 radical (unpaired) electrons. The van der Waals surface area contributed by atoms with Crippen LogP contribution >= 0.6 is 11.8 Å². The third-order valence-corrected chi connectivity index (χ3v) is 6.73. The highest BCUT2D eigenvalue weighted by molar-refractivity contribution is 7.99. The molecule has 0 spiro atoms. The standard InChI is InChI=1S/C25H22N4O4S/c1-15-22-19(12-20(27-24(22)33-28-15)16-6-4-3-5-7-16)25(31)29-14-34-13-21(29)23(30)26-17-8-10-18(32-2)11-9-17/h3-12,21H,13-14H2,1-2H3,(H,26,30). The number of methoxy groups -OCH3 is 1. The Morgan fingerprint density at radius 1 is 1.15 bits per heavy atom. The maximum atomic E-state index is 13.8. The SMILES string of the molecule is COc1ccc(NC(=O)C2CSCN2C(=O)c2cc(-c3ccccc3)nc3onc(C)c23)cc1. The lowest BCUT2D eigenvalue weighted by molar-refractivity contribution is -0.119. The van der Waals surface area contributed by atoms with Crippen LogP contribution in [0.15, 0.2) is 65.2 Å². The molecule has 2 aromatic heterocycles. The van der Waals surface area contributed by atoms with E-state index in [0.29, 0.717) is 51.1 Å². The molecule has 1 unspecified atom stereocenters. The van der Waals surface area contributed by atoms with Gasteiger partial charge in [-0.3, -0.25) is 9.59 Å². The first kappa shape index (κ1) is 22.0. The van der Waals surface area contributed by atoms with Gasteiger partial charge in [-0.05, 0) is 37.3 Å². The van der Waals surface area contributed by atoms with Crippen LogP contribution in [0.3, 0.4) is 0 Å². The average molecular weight is 475 g/mol. The molecule has 2 amide bonds. The predicted octanol–water partition coefficient (Wildman–Crippen LogP) is 4.36. The number of ether oxygens (including phenoxy) is 1. The van der Waals surface area contributed by atoms with E-state index in [1.807, 2.05) is 30.3 Å². The first-order chi connectivity index (χ1) is 16.5. The number of benzene rings is 2. The minimum absolute atomic E-state index is 0.237. The number of pyridine rings is 1. The number of nitrogens with one attached hydrogen (secondary N) is 1. The van der Waals surface area contributed by atoms with E-state index in [-0.39, 0.29) is 11.8 Å². The number of hydrogen-bond donors (Lipinski definition) is 1. The van der Waals surface area contributed by atoms with Crippen molar-refractivity contribution in [1.29, 1.82) is 0 Å². The monoisotopic (exact) mass is 474 g/mol. The van der Waals surface area contributed by atoms with Gasteiger partial charge in [0.05, 0.1) is 35.3 Å². The smallest absolute Gasteiger partial charge is 0.259 e. The highest BCUT2D eigenvalue weighted by Gasteiger charge is 2.36. The fourth-order valence-corrected chi connectivity index (χ4v) is 5.09. The molecule has 1 atom stereocenters. The van der Waals surface area contributed by atoms with Crippen LogP contribution in [0.1, 0.15) is 16.1 Å². The molecule has 5 rings (SSSR count). The zero-order valence-corrected chi connectivity index (χ0v) is 19.5. The van der Waals surface area contributed by atoms with Crippen molar-refractivity contribution in [2.24, 2.45) is 0 Å². The Morgan fingerprint density at radius 3 is 2.65 bits per heavy atom. The van der Waals surface area contributed by atoms with E-state index in [4.69, 9.17) is 9.26 Å². The number of hydrogen-bond acceptors (Lipinski definition) is 7. The van der Waals surface area contributed by atoms with Crippen LogP contribution < -0.4 is 10.1 Å². The van der Waals surface area contributed by atoms with E-state index < -0.39 is 6.04 Å². The second-order valence-corrected chi connectivity index (χ2v) is 8.88. The minimum atomic E-state index is -0.608. The van der Waals surface area contributed by atoms with Crippen molar-refractivity contribution in [1.82, 2.24) is 15.0 Å². The Morgan fingerprint density at radius 2 is 1.91 bits per heavy atom. The molecule has 1 saturated heterocycles. The van der Waals surface area contributed by atoms with E-state index in [0.717, 1.165) is 5.56 Å². The van der Waals surface area contributed by atoms with Gasteiger partial charge >= 0.3 is 0 Å². The van der Waals surface area contributed by atoms with Crippen molar-refractivity contribution in [2.45, 2.75) is 13.0 Å². The summed E-state index contributed by atoms with van der Waals surface area (Å²) in [6.07, 6.45) is 0. The highest BCUT2D eigenvalue weighted by Crippen LogP contribution is 2.31. The molecule has 8 nitrogen and oxygen atoms in total. The summed E-state index contributed by atoms with van der Waals surface area (Å²) in [6.45, 7) is 1.78. The molecule has 0 bridgehead atoms. The van der Waals surface area contributed by atoms with Gasteiger partial charge < -0.3 is 19.5 Å². The fourth-order valence-electron chi connectivity index (χ4n) is 3.93. The zero-order chi connectivity index (χ0) is 23.7. The molecule has 1 fully saturated rings. The molecule has 9 heteroatoms. The van der Waals surface area contributed by atoms with E-state index in [1.54, 1.807) is 61.0 Å². The normalized spacial score (nSPS) is 15.5. The van der Waals surface area contributed by atoms with Gasteiger partial charge in [-0.1, -0.05) is 35.5 Å². The summed E-state index contributed by atoms with van der Waals surface area (Å²) in [5.74, 6) is 1.13. The number of carbonyl (C=O) groups is 2. The minimum Gasteiger partial charge on any atom is -0.497 e.